The van der Waals surface area contributed by atoms with E-state index in [1.807, 2.05) is 42.7 Å². The molecule has 136 valence electrons. The van der Waals surface area contributed by atoms with Crippen LogP contribution < -0.4 is 0 Å². The van der Waals surface area contributed by atoms with Gasteiger partial charge in [0.05, 0.1) is 23.5 Å². The molecule has 2 aliphatic rings. The number of carboxylic acid groups (broad SMARTS) is 1. The third-order valence-electron chi connectivity index (χ3n) is 5.87. The smallest absolute Gasteiger partial charge is 0.335 e. The van der Waals surface area contributed by atoms with Crippen LogP contribution in [0.3, 0.4) is 0 Å². The minimum Gasteiger partial charge on any atom is -0.478 e. The number of hydrogen-bond acceptors (Lipinski definition) is 3. The number of benzene rings is 1. The lowest BCUT2D eigenvalue weighted by Crippen LogP contribution is -2.26. The third kappa shape index (κ3) is 2.31. The zero-order valence-electron chi connectivity index (χ0n) is 15.3. The number of rotatable bonds is 3. The lowest BCUT2D eigenvalue weighted by Gasteiger charge is -2.38. The highest BCUT2D eigenvalue weighted by molar-refractivity contribution is 5.88. The molecular weight excluding hydrogens is 350 g/mol. The molecule has 0 unspecified atom stereocenters. The minimum atomic E-state index is -0.929. The molecular formula is C23H17N3O2. The number of pyridine rings is 1. The van der Waals surface area contributed by atoms with Gasteiger partial charge in [-0.15, -0.1) is 0 Å². The van der Waals surface area contributed by atoms with E-state index in [4.69, 9.17) is 5.11 Å². The molecule has 1 atom stereocenters. The number of imidazole rings is 1. The van der Waals surface area contributed by atoms with E-state index in [1.54, 1.807) is 12.1 Å². The first-order valence-corrected chi connectivity index (χ1v) is 9.14. The number of nitriles is 1. The van der Waals surface area contributed by atoms with Gasteiger partial charge in [-0.05, 0) is 65.5 Å². The molecule has 2 heterocycles. The normalized spacial score (nSPS) is 20.5. The maximum atomic E-state index is 11.1. The van der Waals surface area contributed by atoms with Gasteiger partial charge in [-0.1, -0.05) is 19.1 Å². The number of carboxylic acids is 1. The van der Waals surface area contributed by atoms with Gasteiger partial charge in [-0.2, -0.15) is 5.26 Å². The molecule has 0 saturated heterocycles. The Morgan fingerprint density at radius 1 is 1.18 bits per heavy atom. The summed E-state index contributed by atoms with van der Waals surface area (Å²) >= 11 is 0. The van der Waals surface area contributed by atoms with Crippen molar-refractivity contribution in [2.24, 2.45) is 5.41 Å². The number of hydrogen-bond donors (Lipinski definition) is 1. The lowest BCUT2D eigenvalue weighted by atomic mass is 9.65. The molecule has 5 heteroatoms. The Bertz CT molecular complexity index is 1260. The monoisotopic (exact) mass is 367 g/mol. The number of allylic oxidation sites excluding steroid dienone is 4. The van der Waals surface area contributed by atoms with Crippen molar-refractivity contribution in [3.8, 4) is 17.2 Å². The molecule has 3 aromatic rings. The fourth-order valence-electron chi connectivity index (χ4n) is 4.38. The Hall–Kier alpha value is -3.65. The lowest BCUT2D eigenvalue weighted by molar-refractivity contribution is 0.0697. The first kappa shape index (κ1) is 16.5. The van der Waals surface area contributed by atoms with Crippen molar-refractivity contribution in [1.29, 1.82) is 5.26 Å². The van der Waals surface area contributed by atoms with Gasteiger partial charge in [0.15, 0.2) is 0 Å². The molecule has 2 aromatic heterocycles. The standard InChI is InChI=1S/C23H17N3O2/c1-23-9-14(11-24)8-19(23)18(10-23)20-12-25-21-7-6-17(13-26(20)21)15-2-4-16(5-3-15)22(27)28/h2-8,12-13H,9-10H2,1H3,(H,27,28)/t23-/m1/s1. The molecule has 0 bridgehead atoms. The van der Waals surface area contributed by atoms with Crippen LogP contribution in [0.1, 0.15) is 35.8 Å². The quantitative estimate of drug-likeness (QED) is 0.727. The van der Waals surface area contributed by atoms with Gasteiger partial charge in [-0.25, -0.2) is 9.78 Å². The van der Waals surface area contributed by atoms with Crippen LogP contribution in [0.25, 0.3) is 22.3 Å². The molecule has 5 nitrogen and oxygen atoms in total. The molecule has 2 aliphatic carbocycles. The van der Waals surface area contributed by atoms with Crippen molar-refractivity contribution in [1.82, 2.24) is 9.38 Å². The number of aromatic carboxylic acids is 1. The largest absolute Gasteiger partial charge is 0.478 e. The van der Waals surface area contributed by atoms with Crippen LogP contribution in [-0.4, -0.2) is 20.5 Å². The molecule has 0 aliphatic heterocycles. The number of aromatic nitrogens is 2. The molecule has 5 rings (SSSR count). The average Bonchev–Trinajstić information content (AvgIpc) is 3.22. The van der Waals surface area contributed by atoms with E-state index in [-0.39, 0.29) is 11.0 Å². The summed E-state index contributed by atoms with van der Waals surface area (Å²) < 4.78 is 2.08. The van der Waals surface area contributed by atoms with Gasteiger partial charge in [0.25, 0.3) is 0 Å². The van der Waals surface area contributed by atoms with Gasteiger partial charge >= 0.3 is 5.97 Å². The average molecular weight is 367 g/mol. The summed E-state index contributed by atoms with van der Waals surface area (Å²) in [6.45, 7) is 2.21. The van der Waals surface area contributed by atoms with Crippen LogP contribution >= 0.6 is 0 Å². The van der Waals surface area contributed by atoms with Crippen LogP contribution in [-0.2, 0) is 0 Å². The van der Waals surface area contributed by atoms with E-state index >= 15 is 0 Å². The molecule has 1 N–H and O–H groups in total. The van der Waals surface area contributed by atoms with Crippen molar-refractivity contribution < 1.29 is 9.90 Å². The summed E-state index contributed by atoms with van der Waals surface area (Å²) in [4.78, 5) is 15.6. The van der Waals surface area contributed by atoms with Gasteiger partial charge < -0.3 is 5.11 Å². The Labute approximate surface area is 161 Å². The maximum Gasteiger partial charge on any atom is 0.335 e. The third-order valence-corrected chi connectivity index (χ3v) is 5.87. The first-order valence-electron chi connectivity index (χ1n) is 9.14. The predicted molar refractivity (Wildman–Crippen MR) is 106 cm³/mol. The predicted octanol–water partition coefficient (Wildman–Crippen LogP) is 4.72. The van der Waals surface area contributed by atoms with Crippen LogP contribution in [0.4, 0.5) is 0 Å². The summed E-state index contributed by atoms with van der Waals surface area (Å²) in [5.74, 6) is -0.929. The van der Waals surface area contributed by atoms with Gasteiger partial charge in [0.2, 0.25) is 0 Å². The van der Waals surface area contributed by atoms with Crippen LogP contribution in [0, 0.1) is 16.7 Å². The Morgan fingerprint density at radius 3 is 2.64 bits per heavy atom. The fraction of sp³-hybridized carbons (Fsp3) is 0.174. The molecule has 0 fully saturated rings. The van der Waals surface area contributed by atoms with E-state index in [2.05, 4.69) is 22.4 Å². The number of fused-ring (bicyclic) bond motifs is 2. The maximum absolute atomic E-state index is 11.1. The summed E-state index contributed by atoms with van der Waals surface area (Å²) in [6, 6.07) is 13.1. The highest BCUT2D eigenvalue weighted by Crippen LogP contribution is 2.58. The summed E-state index contributed by atoms with van der Waals surface area (Å²) in [5, 5.41) is 18.3. The Morgan fingerprint density at radius 2 is 1.93 bits per heavy atom. The molecule has 1 aromatic carbocycles. The SMILES string of the molecule is C[C@]12CC(C#N)=CC1=C(c1cnc3ccc(-c4ccc(C(=O)O)cc4)cn13)C2. The van der Waals surface area contributed by atoms with E-state index in [9.17, 15) is 10.1 Å². The zero-order valence-corrected chi connectivity index (χ0v) is 15.3. The Balaban J connectivity index is 1.60. The number of nitrogens with zero attached hydrogens (tertiary/aromatic N) is 3. The van der Waals surface area contributed by atoms with Crippen molar-refractivity contribution in [2.45, 2.75) is 19.8 Å². The second-order valence-corrected chi connectivity index (χ2v) is 7.76. The summed E-state index contributed by atoms with van der Waals surface area (Å²) in [5.41, 5.74) is 7.57. The topological polar surface area (TPSA) is 78.4 Å². The van der Waals surface area contributed by atoms with Crippen LogP contribution in [0.15, 0.2) is 66.0 Å². The zero-order chi connectivity index (χ0) is 19.5. The molecule has 0 spiro atoms. The fourth-order valence-corrected chi connectivity index (χ4v) is 4.38. The van der Waals surface area contributed by atoms with Crippen molar-refractivity contribution >= 4 is 17.2 Å². The molecule has 28 heavy (non-hydrogen) atoms. The second kappa shape index (κ2) is 5.67. The van der Waals surface area contributed by atoms with Crippen LogP contribution in [0.5, 0.6) is 0 Å². The highest BCUT2D eigenvalue weighted by atomic mass is 16.4. The van der Waals surface area contributed by atoms with Gasteiger partial charge in [-0.3, -0.25) is 4.40 Å². The van der Waals surface area contributed by atoms with Crippen molar-refractivity contribution in [3.63, 3.8) is 0 Å². The summed E-state index contributed by atoms with van der Waals surface area (Å²) in [6.07, 6.45) is 7.73. The molecule has 0 radical (unpaired) electrons. The van der Waals surface area contributed by atoms with Crippen molar-refractivity contribution in [3.05, 3.63) is 77.3 Å². The highest BCUT2D eigenvalue weighted by Gasteiger charge is 2.45. The van der Waals surface area contributed by atoms with Crippen LogP contribution in [0.2, 0.25) is 0 Å². The number of carbonyl (C=O) groups is 1. The molecule has 0 saturated carbocycles. The van der Waals surface area contributed by atoms with E-state index in [0.717, 1.165) is 40.9 Å². The second-order valence-electron chi connectivity index (χ2n) is 7.76. The van der Waals surface area contributed by atoms with E-state index in [1.165, 1.54) is 11.1 Å². The Kier molecular flexibility index (Phi) is 3.35. The van der Waals surface area contributed by atoms with E-state index in [0.29, 0.717) is 0 Å². The minimum absolute atomic E-state index is 0.0782. The summed E-state index contributed by atoms with van der Waals surface area (Å²) in [7, 11) is 0. The molecule has 0 amide bonds. The first-order chi connectivity index (χ1) is 13.5. The van der Waals surface area contributed by atoms with Gasteiger partial charge in [0, 0.05) is 17.2 Å². The van der Waals surface area contributed by atoms with Gasteiger partial charge in [0.1, 0.15) is 5.65 Å². The van der Waals surface area contributed by atoms with Crippen molar-refractivity contribution in [2.75, 3.05) is 0 Å². The van der Waals surface area contributed by atoms with E-state index < -0.39 is 5.97 Å².